The topological polar surface area (TPSA) is 91.7 Å². The predicted octanol–water partition coefficient (Wildman–Crippen LogP) is 6.90. The second kappa shape index (κ2) is 11.7. The van der Waals surface area contributed by atoms with Crippen molar-refractivity contribution in [2.24, 2.45) is 0 Å². The average Bonchev–Trinajstić information content (AvgIpc) is 3.35. The maximum atomic E-state index is 12.6. The highest BCUT2D eigenvalue weighted by atomic mass is 32.1. The molecule has 1 fully saturated rings. The molecule has 0 saturated carbocycles. The lowest BCUT2D eigenvalue weighted by atomic mass is 9.91. The minimum Gasteiger partial charge on any atom is -0.479 e. The van der Waals surface area contributed by atoms with Gasteiger partial charge in [0.05, 0.1) is 15.8 Å². The number of hydrogen-bond donors (Lipinski definition) is 1. The number of aromatic nitrogens is 3. The van der Waals surface area contributed by atoms with E-state index in [1.807, 2.05) is 71.0 Å². The summed E-state index contributed by atoms with van der Waals surface area (Å²) in [5.74, 6) is -0.305. The van der Waals surface area contributed by atoms with Gasteiger partial charge in [0, 0.05) is 49.0 Å². The third kappa shape index (κ3) is 6.19. The molecule has 4 aromatic rings. The fourth-order valence-electron chi connectivity index (χ4n) is 5.61. The van der Waals surface area contributed by atoms with E-state index in [0.717, 1.165) is 62.8 Å². The number of piperazine rings is 1. The van der Waals surface area contributed by atoms with Crippen LogP contribution in [0.25, 0.3) is 32.0 Å². The Labute approximate surface area is 252 Å². The van der Waals surface area contributed by atoms with Crippen molar-refractivity contribution in [2.75, 3.05) is 24.5 Å². The molecule has 0 bridgehead atoms. The Morgan fingerprint density at radius 2 is 1.81 bits per heavy atom. The molecular weight excluding hydrogens is 546 g/mol. The number of carboxylic acids is 1. The number of rotatable bonds is 7. The number of fused-ring (bicyclic) bond motifs is 1. The molecule has 222 valence electrons. The first-order valence-electron chi connectivity index (χ1n) is 14.6. The largest absolute Gasteiger partial charge is 0.479 e. The lowest BCUT2D eigenvalue weighted by Crippen LogP contribution is -2.54. The Bertz CT molecular complexity index is 1590. The summed E-state index contributed by atoms with van der Waals surface area (Å²) in [4.78, 5) is 32.0. The Morgan fingerprint density at radius 3 is 2.43 bits per heavy atom. The van der Waals surface area contributed by atoms with Crippen LogP contribution in [0.15, 0.2) is 42.6 Å². The van der Waals surface area contributed by atoms with Crippen molar-refractivity contribution >= 4 is 33.5 Å². The summed E-state index contributed by atoms with van der Waals surface area (Å²) in [6, 6.07) is 12.9. The zero-order chi connectivity index (χ0) is 30.3. The summed E-state index contributed by atoms with van der Waals surface area (Å²) in [5, 5.41) is 11.1. The fraction of sp³-hybridized carbons (Fsp3) is 0.455. The monoisotopic (exact) mass is 587 g/mol. The first-order valence-corrected chi connectivity index (χ1v) is 15.4. The molecule has 2 atom stereocenters. The minimum atomic E-state index is -1.13. The van der Waals surface area contributed by atoms with Crippen LogP contribution in [0.4, 0.5) is 5.95 Å². The number of hydrogen-bond acceptors (Lipinski definition) is 8. The van der Waals surface area contributed by atoms with Crippen molar-refractivity contribution in [3.63, 3.8) is 0 Å². The lowest BCUT2D eigenvalue weighted by molar-refractivity contribution is -0.160. The Balaban J connectivity index is 1.63. The highest BCUT2D eigenvalue weighted by Gasteiger charge is 2.33. The molecule has 9 heteroatoms. The van der Waals surface area contributed by atoms with Crippen molar-refractivity contribution in [3.8, 4) is 21.8 Å². The number of anilines is 1. The molecule has 0 unspecified atom stereocenters. The van der Waals surface area contributed by atoms with Crippen LogP contribution >= 0.6 is 11.3 Å². The van der Waals surface area contributed by atoms with Gasteiger partial charge in [0.2, 0.25) is 5.95 Å². The molecule has 8 nitrogen and oxygen atoms in total. The van der Waals surface area contributed by atoms with E-state index in [4.69, 9.17) is 14.7 Å². The molecule has 0 spiro atoms. The zero-order valence-electron chi connectivity index (χ0n) is 25.8. The fourth-order valence-corrected chi connectivity index (χ4v) is 6.70. The van der Waals surface area contributed by atoms with E-state index in [-0.39, 0.29) is 0 Å². The van der Waals surface area contributed by atoms with Crippen molar-refractivity contribution < 1.29 is 14.6 Å². The smallest absolute Gasteiger partial charge is 0.337 e. The highest BCUT2D eigenvalue weighted by molar-refractivity contribution is 7.22. The van der Waals surface area contributed by atoms with Crippen LogP contribution in [0.2, 0.25) is 0 Å². The molecule has 5 rings (SSSR count). The van der Waals surface area contributed by atoms with E-state index in [9.17, 15) is 9.90 Å². The molecule has 3 heterocycles. The molecule has 1 N–H and O–H groups in total. The van der Waals surface area contributed by atoms with Crippen LogP contribution in [-0.2, 0) is 9.53 Å². The molecule has 0 aliphatic carbocycles. The number of nitrogens with zero attached hydrogens (tertiary/aromatic N) is 5. The second-order valence-corrected chi connectivity index (χ2v) is 13.5. The van der Waals surface area contributed by atoms with Gasteiger partial charge < -0.3 is 14.7 Å². The van der Waals surface area contributed by atoms with Gasteiger partial charge in [-0.3, -0.25) is 4.90 Å². The van der Waals surface area contributed by atoms with Gasteiger partial charge in [-0.2, -0.15) is 0 Å². The summed E-state index contributed by atoms with van der Waals surface area (Å²) in [5.41, 5.74) is 5.31. The quantitative estimate of drug-likeness (QED) is 0.250. The molecule has 1 aliphatic heterocycles. The molecule has 0 radical (unpaired) electrons. The van der Waals surface area contributed by atoms with Gasteiger partial charge in [-0.05, 0) is 78.6 Å². The van der Waals surface area contributed by atoms with Crippen LogP contribution in [0.3, 0.4) is 0 Å². The van der Waals surface area contributed by atoms with E-state index in [2.05, 4.69) is 35.6 Å². The molecule has 42 heavy (non-hydrogen) atoms. The lowest BCUT2D eigenvalue weighted by Gasteiger charge is -2.41. The zero-order valence-corrected chi connectivity index (χ0v) is 26.6. The van der Waals surface area contributed by atoms with Gasteiger partial charge in [0.1, 0.15) is 10.7 Å². The number of benzene rings is 2. The normalized spacial score (nSPS) is 17.3. The van der Waals surface area contributed by atoms with Crippen LogP contribution in [0, 0.1) is 13.8 Å². The maximum Gasteiger partial charge on any atom is 0.337 e. The number of carbonyl (C=O) groups is 1. The minimum absolute atomic E-state index is 0.292. The summed E-state index contributed by atoms with van der Waals surface area (Å²) >= 11 is 1.53. The summed E-state index contributed by atoms with van der Waals surface area (Å²) < 4.78 is 7.08. The van der Waals surface area contributed by atoms with Gasteiger partial charge in [0.15, 0.2) is 6.10 Å². The number of ether oxygens (including phenoxy) is 1. The van der Waals surface area contributed by atoms with E-state index < -0.39 is 17.7 Å². The van der Waals surface area contributed by atoms with Crippen molar-refractivity contribution in [1.82, 2.24) is 19.9 Å². The van der Waals surface area contributed by atoms with E-state index >= 15 is 0 Å². The second-order valence-electron chi connectivity index (χ2n) is 12.5. The molecule has 2 aromatic carbocycles. The summed E-state index contributed by atoms with van der Waals surface area (Å²) in [6.45, 7) is 19.1. The van der Waals surface area contributed by atoms with E-state index in [1.165, 1.54) is 11.3 Å². The first-order chi connectivity index (χ1) is 19.8. The van der Waals surface area contributed by atoms with E-state index in [1.54, 1.807) is 6.20 Å². The maximum absolute atomic E-state index is 12.6. The van der Waals surface area contributed by atoms with Gasteiger partial charge in [0.25, 0.3) is 0 Å². The van der Waals surface area contributed by atoms with Gasteiger partial charge in [-0.1, -0.05) is 29.8 Å². The van der Waals surface area contributed by atoms with Gasteiger partial charge >= 0.3 is 5.97 Å². The Hall–Kier alpha value is -3.40. The van der Waals surface area contributed by atoms with Crippen molar-refractivity contribution in [3.05, 3.63) is 59.3 Å². The molecular formula is C33H41N5O3S. The van der Waals surface area contributed by atoms with Crippen LogP contribution in [-0.4, -0.2) is 68.2 Å². The van der Waals surface area contributed by atoms with Gasteiger partial charge in [-0.25, -0.2) is 19.7 Å². The standard InChI is InChI=1S/C33H41N5O3S/c1-19(2)37-15-16-38(22(5)18-37)32-34-14-13-24(36-32)30-35-25-17-21(4)26(28(31(39)40)41-33(6,7)8)27(29(25)42-30)23-11-9-20(3)10-12-23/h9-14,17,19,22,28H,15-16,18H2,1-8H3,(H,39,40)/t22-,28-/m0/s1. The Kier molecular flexibility index (Phi) is 8.38. The third-order valence-electron chi connectivity index (χ3n) is 7.73. The Morgan fingerprint density at radius 1 is 1.10 bits per heavy atom. The van der Waals surface area contributed by atoms with Crippen LogP contribution in [0.1, 0.15) is 64.3 Å². The number of aliphatic carboxylic acids is 1. The van der Waals surface area contributed by atoms with Crippen LogP contribution < -0.4 is 4.90 Å². The van der Waals surface area contributed by atoms with Gasteiger partial charge in [-0.15, -0.1) is 11.3 Å². The highest BCUT2D eigenvalue weighted by Crippen LogP contribution is 2.44. The van der Waals surface area contributed by atoms with Crippen molar-refractivity contribution in [1.29, 1.82) is 0 Å². The third-order valence-corrected chi connectivity index (χ3v) is 8.85. The first kappa shape index (κ1) is 30.1. The molecule has 1 saturated heterocycles. The summed E-state index contributed by atoms with van der Waals surface area (Å²) in [6.07, 6.45) is 0.674. The van der Waals surface area contributed by atoms with E-state index in [0.29, 0.717) is 23.6 Å². The number of carboxylic acid groups (broad SMARTS) is 1. The predicted molar refractivity (Wildman–Crippen MR) is 170 cm³/mol. The number of thiazole rings is 1. The average molecular weight is 588 g/mol. The molecule has 1 aliphatic rings. The van der Waals surface area contributed by atoms with Crippen molar-refractivity contribution in [2.45, 2.75) is 79.2 Å². The molecule has 0 amide bonds. The summed E-state index contributed by atoms with van der Waals surface area (Å²) in [7, 11) is 0. The SMILES string of the molecule is Cc1ccc(-c2c([C@H](OC(C)(C)C)C(=O)O)c(C)cc3nc(-c4ccnc(N5CCN(C(C)C)C[C@@H]5C)n4)sc23)cc1. The molecule has 2 aromatic heterocycles. The van der Waals surface area contributed by atoms with Crippen LogP contribution in [0.5, 0.6) is 0 Å². The number of aryl methyl sites for hydroxylation is 2.